The van der Waals surface area contributed by atoms with E-state index in [0.29, 0.717) is 18.1 Å². The van der Waals surface area contributed by atoms with Crippen molar-refractivity contribution in [2.75, 3.05) is 13.1 Å². The van der Waals surface area contributed by atoms with Crippen LogP contribution in [-0.4, -0.2) is 30.1 Å². The van der Waals surface area contributed by atoms with Gasteiger partial charge in [0, 0.05) is 18.1 Å². The summed E-state index contributed by atoms with van der Waals surface area (Å²) >= 11 is 6.08. The number of alkyl halides is 3. The first-order valence-electron chi connectivity index (χ1n) is 8.30. The molecule has 6 heteroatoms. The normalized spacial score (nSPS) is 34.7. The molecule has 5 rings (SSSR count). The smallest absolute Gasteiger partial charge is 0.341 e. The molecule has 0 aromatic heterocycles. The Morgan fingerprint density at radius 1 is 1.29 bits per heavy atom. The molecule has 1 aromatic carbocycles. The average Bonchev–Trinajstić information content (AvgIpc) is 2.54. The molecule has 130 valence electrons. The minimum absolute atomic E-state index is 0.0218. The van der Waals surface area contributed by atoms with Gasteiger partial charge in [-0.15, -0.1) is 0 Å². The van der Waals surface area contributed by atoms with E-state index in [2.05, 4.69) is 0 Å². The van der Waals surface area contributed by atoms with Crippen LogP contribution in [0.2, 0.25) is 5.02 Å². The van der Waals surface area contributed by atoms with Crippen LogP contribution in [-0.2, 0) is 11.2 Å². The second-order valence-electron chi connectivity index (χ2n) is 7.83. The molecule has 3 saturated carbocycles. The van der Waals surface area contributed by atoms with Crippen LogP contribution in [0.15, 0.2) is 18.2 Å². The standard InChI is InChI=1S/C18H19ClF3NO/c1-11-7-23(5-4-12-2-3-13(19)6-14(11)12)15(24)16-8-17(9-16,10-16)18(20,21)22/h2-3,6,11H,4-5,7-10H2,1H3. The SMILES string of the molecule is CC1CN(C(=O)C23CC(C(F)(F)F)(C2)C3)CCc2ccc(Cl)cc21. The van der Waals surface area contributed by atoms with E-state index in [-0.39, 0.29) is 31.1 Å². The highest BCUT2D eigenvalue weighted by Gasteiger charge is 2.81. The molecule has 2 bridgehead atoms. The third-order valence-corrected chi connectivity index (χ3v) is 6.39. The molecule has 1 aliphatic heterocycles. The Hall–Kier alpha value is -1.23. The molecular weight excluding hydrogens is 339 g/mol. The van der Waals surface area contributed by atoms with Crippen molar-refractivity contribution in [1.29, 1.82) is 0 Å². The molecule has 1 aromatic rings. The lowest BCUT2D eigenvalue weighted by Crippen LogP contribution is -2.73. The van der Waals surface area contributed by atoms with Crippen molar-refractivity contribution in [3.05, 3.63) is 34.3 Å². The molecule has 1 atom stereocenters. The van der Waals surface area contributed by atoms with Crippen molar-refractivity contribution >= 4 is 17.5 Å². The zero-order valence-corrected chi connectivity index (χ0v) is 14.2. The molecule has 1 unspecified atom stereocenters. The largest absolute Gasteiger partial charge is 0.394 e. The van der Waals surface area contributed by atoms with Crippen LogP contribution in [0.4, 0.5) is 13.2 Å². The summed E-state index contributed by atoms with van der Waals surface area (Å²) in [6.07, 6.45) is -3.51. The zero-order valence-electron chi connectivity index (χ0n) is 13.4. The lowest BCUT2D eigenvalue weighted by atomic mass is 9.34. The van der Waals surface area contributed by atoms with Crippen LogP contribution in [0.1, 0.15) is 43.2 Å². The topological polar surface area (TPSA) is 20.3 Å². The average molecular weight is 358 g/mol. The van der Waals surface area contributed by atoms with Crippen LogP contribution in [0, 0.1) is 10.8 Å². The number of benzene rings is 1. The first-order valence-corrected chi connectivity index (χ1v) is 8.68. The van der Waals surface area contributed by atoms with Gasteiger partial charge in [0.1, 0.15) is 0 Å². The lowest BCUT2D eigenvalue weighted by Gasteiger charge is -2.69. The number of fused-ring (bicyclic) bond motifs is 1. The number of nitrogens with zero attached hydrogens (tertiary/aromatic N) is 1. The number of hydrogen-bond donors (Lipinski definition) is 0. The fraction of sp³-hybridized carbons (Fsp3) is 0.611. The predicted octanol–water partition coefficient (Wildman–Crippen LogP) is 4.56. The Balaban J connectivity index is 1.49. The summed E-state index contributed by atoms with van der Waals surface area (Å²) in [4.78, 5) is 14.6. The van der Waals surface area contributed by atoms with Crippen LogP contribution >= 0.6 is 11.6 Å². The van der Waals surface area contributed by atoms with Gasteiger partial charge < -0.3 is 4.90 Å². The summed E-state index contributed by atoms with van der Waals surface area (Å²) in [6.45, 7) is 3.16. The lowest BCUT2D eigenvalue weighted by molar-refractivity contribution is -0.353. The third kappa shape index (κ3) is 2.13. The Bertz CT molecular complexity index is 695. The van der Waals surface area contributed by atoms with Crippen molar-refractivity contribution in [2.24, 2.45) is 10.8 Å². The van der Waals surface area contributed by atoms with Crippen molar-refractivity contribution < 1.29 is 18.0 Å². The molecule has 4 aliphatic rings. The highest BCUT2D eigenvalue weighted by Crippen LogP contribution is 2.78. The predicted molar refractivity (Wildman–Crippen MR) is 84.9 cm³/mol. The maximum atomic E-state index is 13.0. The van der Waals surface area contributed by atoms with Gasteiger partial charge in [-0.05, 0) is 54.9 Å². The molecular formula is C18H19ClF3NO. The third-order valence-electron chi connectivity index (χ3n) is 6.16. The van der Waals surface area contributed by atoms with Crippen LogP contribution in [0.25, 0.3) is 0 Å². The molecule has 1 amide bonds. The number of carbonyl (C=O) groups excluding carboxylic acids is 1. The number of rotatable bonds is 1. The quantitative estimate of drug-likeness (QED) is 0.721. The minimum Gasteiger partial charge on any atom is -0.341 e. The van der Waals surface area contributed by atoms with E-state index >= 15 is 0 Å². The summed E-state index contributed by atoms with van der Waals surface area (Å²) in [5.74, 6) is 0.0495. The maximum absolute atomic E-state index is 13.0. The van der Waals surface area contributed by atoms with Gasteiger partial charge in [0.25, 0.3) is 0 Å². The summed E-state index contributed by atoms with van der Waals surface area (Å²) in [5.41, 5.74) is -0.00580. The molecule has 2 nitrogen and oxygen atoms in total. The number of hydrogen-bond acceptors (Lipinski definition) is 1. The highest BCUT2D eigenvalue weighted by molar-refractivity contribution is 6.30. The Labute approximate surface area is 144 Å². The van der Waals surface area contributed by atoms with Crippen molar-refractivity contribution in [3.8, 4) is 0 Å². The van der Waals surface area contributed by atoms with Gasteiger partial charge in [-0.3, -0.25) is 4.79 Å². The van der Waals surface area contributed by atoms with Gasteiger partial charge in [0.2, 0.25) is 5.91 Å². The first kappa shape index (κ1) is 16.2. The van der Waals surface area contributed by atoms with Crippen molar-refractivity contribution in [1.82, 2.24) is 4.90 Å². The summed E-state index contributed by atoms with van der Waals surface area (Å²) in [6, 6.07) is 5.77. The molecule has 0 radical (unpaired) electrons. The number of carbonyl (C=O) groups is 1. The second kappa shape index (κ2) is 4.90. The second-order valence-corrected chi connectivity index (χ2v) is 8.27. The maximum Gasteiger partial charge on any atom is 0.394 e. The Morgan fingerprint density at radius 3 is 2.58 bits per heavy atom. The molecule has 3 fully saturated rings. The number of halogens is 4. The molecule has 0 N–H and O–H groups in total. The Morgan fingerprint density at radius 2 is 1.96 bits per heavy atom. The summed E-state index contributed by atoms with van der Waals surface area (Å²) in [5, 5.41) is 0.673. The first-order chi connectivity index (χ1) is 11.2. The van der Waals surface area contributed by atoms with E-state index in [1.54, 1.807) is 4.90 Å². The number of amides is 1. The highest BCUT2D eigenvalue weighted by atomic mass is 35.5. The fourth-order valence-electron chi connectivity index (χ4n) is 4.86. The molecule has 0 spiro atoms. The fourth-order valence-corrected chi connectivity index (χ4v) is 5.04. The summed E-state index contributed by atoms with van der Waals surface area (Å²) in [7, 11) is 0. The van der Waals surface area contributed by atoms with Gasteiger partial charge in [-0.25, -0.2) is 0 Å². The van der Waals surface area contributed by atoms with Gasteiger partial charge in [-0.1, -0.05) is 24.6 Å². The Kier molecular flexibility index (Phi) is 3.32. The minimum atomic E-state index is -4.17. The zero-order chi connectivity index (χ0) is 17.3. The van der Waals surface area contributed by atoms with E-state index in [4.69, 9.17) is 11.6 Å². The van der Waals surface area contributed by atoms with Gasteiger partial charge in [0.15, 0.2) is 0 Å². The molecule has 3 aliphatic carbocycles. The van der Waals surface area contributed by atoms with E-state index < -0.39 is 17.0 Å². The molecule has 0 saturated heterocycles. The monoisotopic (exact) mass is 357 g/mol. The molecule has 24 heavy (non-hydrogen) atoms. The molecule has 1 heterocycles. The van der Waals surface area contributed by atoms with Gasteiger partial charge in [-0.2, -0.15) is 13.2 Å². The van der Waals surface area contributed by atoms with Gasteiger partial charge >= 0.3 is 6.18 Å². The van der Waals surface area contributed by atoms with E-state index in [9.17, 15) is 18.0 Å². The van der Waals surface area contributed by atoms with Crippen LogP contribution < -0.4 is 0 Å². The summed E-state index contributed by atoms with van der Waals surface area (Å²) < 4.78 is 39.0. The van der Waals surface area contributed by atoms with Crippen LogP contribution in [0.3, 0.4) is 0 Å². The van der Waals surface area contributed by atoms with Gasteiger partial charge in [0.05, 0.1) is 10.8 Å². The van der Waals surface area contributed by atoms with E-state index in [1.165, 1.54) is 5.56 Å². The van der Waals surface area contributed by atoms with Crippen molar-refractivity contribution in [2.45, 2.75) is 44.7 Å². The van der Waals surface area contributed by atoms with Crippen LogP contribution in [0.5, 0.6) is 0 Å². The van der Waals surface area contributed by atoms with E-state index in [0.717, 1.165) is 12.0 Å². The van der Waals surface area contributed by atoms with E-state index in [1.807, 2.05) is 25.1 Å². The van der Waals surface area contributed by atoms with Crippen molar-refractivity contribution in [3.63, 3.8) is 0 Å².